The molecule has 0 aliphatic rings. The van der Waals surface area contributed by atoms with E-state index in [-0.39, 0.29) is 0 Å². The van der Waals surface area contributed by atoms with Gasteiger partial charge in [0.05, 0.1) is 0 Å². The molecule has 0 aromatic rings. The Morgan fingerprint density at radius 1 is 1.71 bits per heavy atom. The monoisotopic (exact) mass is 217 g/mol. The van der Waals surface area contributed by atoms with Gasteiger partial charge in [-0.1, -0.05) is 12.5 Å². The largest absolute Gasteiger partial charge is 0.480 e. The Bertz CT molecular complexity index is 204. The van der Waals surface area contributed by atoms with Crippen molar-refractivity contribution >= 4 is 18.6 Å². The molecule has 3 N–H and O–H groups in total. The molecule has 0 rings (SSSR count). The first-order chi connectivity index (χ1) is 6.41. The van der Waals surface area contributed by atoms with Crippen molar-refractivity contribution in [1.82, 2.24) is 0 Å². The molecule has 14 heavy (non-hydrogen) atoms. The Labute approximate surface area is 90.8 Å². The Morgan fingerprint density at radius 2 is 2.29 bits per heavy atom. The van der Waals surface area contributed by atoms with Crippen molar-refractivity contribution in [2.24, 2.45) is 5.73 Å². The summed E-state index contributed by atoms with van der Waals surface area (Å²) in [7, 11) is 0. The topological polar surface area (TPSA) is 63.3 Å². The zero-order valence-corrected chi connectivity index (χ0v) is 9.46. The van der Waals surface area contributed by atoms with Gasteiger partial charge in [-0.15, -0.1) is 6.58 Å². The first-order valence-corrected chi connectivity index (χ1v) is 5.18. The van der Waals surface area contributed by atoms with Gasteiger partial charge in [0.1, 0.15) is 6.04 Å². The second kappa shape index (κ2) is 6.09. The molecular formula is C10H19NO2S. The third-order valence-corrected chi connectivity index (χ3v) is 2.78. The zero-order valence-electron chi connectivity index (χ0n) is 8.57. The van der Waals surface area contributed by atoms with Crippen LogP contribution in [0, 0.1) is 0 Å². The number of carbonyl (C=O) groups is 1. The van der Waals surface area contributed by atoms with Gasteiger partial charge in [0, 0.05) is 4.75 Å². The number of hydrogen-bond donors (Lipinski definition) is 3. The lowest BCUT2D eigenvalue weighted by atomic mass is 9.94. The van der Waals surface area contributed by atoms with Gasteiger partial charge in [-0.2, -0.15) is 12.6 Å². The normalized spacial score (nSPS) is 17.1. The standard InChI is InChI=1S/C10H19NO2S/c1-3-4-5-6-7-10(2,14)8(11)9(12)13/h3,8,14H,1,4-7,11H2,2H3,(H,12,13). The molecule has 0 saturated carbocycles. The fourth-order valence-corrected chi connectivity index (χ4v) is 1.46. The molecule has 0 heterocycles. The minimum absolute atomic E-state index is 0.632. The van der Waals surface area contributed by atoms with Crippen molar-refractivity contribution < 1.29 is 9.90 Å². The first-order valence-electron chi connectivity index (χ1n) is 4.73. The summed E-state index contributed by atoms with van der Waals surface area (Å²) in [5.41, 5.74) is 5.51. The van der Waals surface area contributed by atoms with Gasteiger partial charge in [-0.25, -0.2) is 0 Å². The van der Waals surface area contributed by atoms with E-state index >= 15 is 0 Å². The summed E-state index contributed by atoms with van der Waals surface area (Å²) in [6.07, 6.45) is 5.44. The van der Waals surface area contributed by atoms with Crippen LogP contribution in [0.1, 0.15) is 32.6 Å². The number of hydrogen-bond acceptors (Lipinski definition) is 3. The van der Waals surface area contributed by atoms with E-state index in [4.69, 9.17) is 10.8 Å². The van der Waals surface area contributed by atoms with Gasteiger partial charge >= 0.3 is 5.97 Å². The minimum Gasteiger partial charge on any atom is -0.480 e. The Hall–Kier alpha value is -0.480. The van der Waals surface area contributed by atoms with E-state index in [1.165, 1.54) is 0 Å². The second-order valence-electron chi connectivity index (χ2n) is 3.71. The number of carboxylic acids is 1. The number of unbranched alkanes of at least 4 members (excludes halogenated alkanes) is 2. The second-order valence-corrected chi connectivity index (χ2v) is 4.73. The smallest absolute Gasteiger partial charge is 0.321 e. The summed E-state index contributed by atoms with van der Waals surface area (Å²) >= 11 is 4.29. The summed E-state index contributed by atoms with van der Waals surface area (Å²) in [5.74, 6) is -0.994. The lowest BCUT2D eigenvalue weighted by Crippen LogP contribution is -2.47. The predicted molar refractivity (Wildman–Crippen MR) is 61.7 cm³/mol. The van der Waals surface area contributed by atoms with Crippen LogP contribution in [0.2, 0.25) is 0 Å². The van der Waals surface area contributed by atoms with Crippen LogP contribution in [-0.2, 0) is 4.79 Å². The molecule has 2 atom stereocenters. The average Bonchev–Trinajstić information content (AvgIpc) is 2.11. The predicted octanol–water partition coefficient (Wildman–Crippen LogP) is 1.83. The van der Waals surface area contributed by atoms with E-state index in [0.717, 1.165) is 19.3 Å². The van der Waals surface area contributed by atoms with E-state index in [1.54, 1.807) is 6.92 Å². The van der Waals surface area contributed by atoms with Crippen LogP contribution in [-0.4, -0.2) is 21.9 Å². The summed E-state index contributed by atoms with van der Waals surface area (Å²) in [6.45, 7) is 5.39. The molecule has 0 amide bonds. The Morgan fingerprint density at radius 3 is 2.71 bits per heavy atom. The van der Waals surface area contributed by atoms with Crippen molar-refractivity contribution in [3.8, 4) is 0 Å². The van der Waals surface area contributed by atoms with Gasteiger partial charge in [-0.3, -0.25) is 4.79 Å². The highest BCUT2D eigenvalue weighted by Gasteiger charge is 2.32. The minimum atomic E-state index is -0.994. The average molecular weight is 217 g/mol. The molecule has 82 valence electrons. The highest BCUT2D eigenvalue weighted by atomic mass is 32.1. The molecule has 0 radical (unpaired) electrons. The van der Waals surface area contributed by atoms with E-state index < -0.39 is 16.8 Å². The molecule has 0 aliphatic carbocycles. The van der Waals surface area contributed by atoms with Crippen molar-refractivity contribution in [2.45, 2.75) is 43.4 Å². The molecule has 3 nitrogen and oxygen atoms in total. The fraction of sp³-hybridized carbons (Fsp3) is 0.700. The molecular weight excluding hydrogens is 198 g/mol. The van der Waals surface area contributed by atoms with Gasteiger partial charge in [0.15, 0.2) is 0 Å². The first kappa shape index (κ1) is 13.5. The number of aliphatic carboxylic acids is 1. The zero-order chi connectivity index (χ0) is 11.2. The molecule has 0 aliphatic heterocycles. The van der Waals surface area contributed by atoms with Crippen LogP contribution in [0.25, 0.3) is 0 Å². The van der Waals surface area contributed by atoms with Crippen LogP contribution < -0.4 is 5.73 Å². The molecule has 0 fully saturated rings. The van der Waals surface area contributed by atoms with Gasteiger partial charge < -0.3 is 10.8 Å². The van der Waals surface area contributed by atoms with Gasteiger partial charge in [-0.05, 0) is 26.2 Å². The number of thiol groups is 1. The quantitative estimate of drug-likeness (QED) is 0.346. The van der Waals surface area contributed by atoms with Crippen LogP contribution in [0.5, 0.6) is 0 Å². The third kappa shape index (κ3) is 4.67. The summed E-state index contributed by atoms with van der Waals surface area (Å²) in [6, 6.07) is -0.908. The number of carboxylic acid groups (broad SMARTS) is 1. The van der Waals surface area contributed by atoms with Crippen molar-refractivity contribution in [3.05, 3.63) is 12.7 Å². The highest BCUT2D eigenvalue weighted by molar-refractivity contribution is 7.81. The van der Waals surface area contributed by atoms with Gasteiger partial charge in [0.2, 0.25) is 0 Å². The van der Waals surface area contributed by atoms with E-state index in [1.807, 2.05) is 6.08 Å². The van der Waals surface area contributed by atoms with E-state index in [0.29, 0.717) is 6.42 Å². The van der Waals surface area contributed by atoms with Crippen LogP contribution >= 0.6 is 12.6 Å². The molecule has 0 saturated heterocycles. The number of allylic oxidation sites excluding steroid dienone is 1. The van der Waals surface area contributed by atoms with Crippen LogP contribution in [0.3, 0.4) is 0 Å². The number of rotatable bonds is 7. The maximum Gasteiger partial charge on any atom is 0.321 e. The molecule has 4 heteroatoms. The molecule has 2 unspecified atom stereocenters. The Kier molecular flexibility index (Phi) is 5.88. The molecule has 0 bridgehead atoms. The summed E-state index contributed by atoms with van der Waals surface area (Å²) < 4.78 is -0.632. The summed E-state index contributed by atoms with van der Waals surface area (Å²) in [4.78, 5) is 10.6. The SMILES string of the molecule is C=CCCCCC(C)(S)C(N)C(=O)O. The highest BCUT2D eigenvalue weighted by Crippen LogP contribution is 2.25. The maximum atomic E-state index is 10.6. The summed E-state index contributed by atoms with van der Waals surface area (Å²) in [5, 5.41) is 8.73. The number of nitrogens with two attached hydrogens (primary N) is 1. The van der Waals surface area contributed by atoms with Gasteiger partial charge in [0.25, 0.3) is 0 Å². The lowest BCUT2D eigenvalue weighted by molar-refractivity contribution is -0.139. The molecule has 0 aromatic carbocycles. The van der Waals surface area contributed by atoms with E-state index in [9.17, 15) is 4.79 Å². The molecule has 0 spiro atoms. The van der Waals surface area contributed by atoms with Crippen molar-refractivity contribution in [2.75, 3.05) is 0 Å². The van der Waals surface area contributed by atoms with Crippen molar-refractivity contribution in [3.63, 3.8) is 0 Å². The maximum absolute atomic E-state index is 10.6. The third-order valence-electron chi connectivity index (χ3n) is 2.28. The lowest BCUT2D eigenvalue weighted by Gasteiger charge is -2.27. The van der Waals surface area contributed by atoms with Crippen molar-refractivity contribution in [1.29, 1.82) is 0 Å². The Balaban J connectivity index is 3.93. The molecule has 0 aromatic heterocycles. The van der Waals surface area contributed by atoms with Crippen LogP contribution in [0.15, 0.2) is 12.7 Å². The van der Waals surface area contributed by atoms with Crippen LogP contribution in [0.4, 0.5) is 0 Å². The van der Waals surface area contributed by atoms with E-state index in [2.05, 4.69) is 19.2 Å². The fourth-order valence-electron chi connectivity index (χ4n) is 1.19.